The molecule has 0 aliphatic heterocycles. The van der Waals surface area contributed by atoms with E-state index in [1.165, 1.54) is 24.3 Å². The van der Waals surface area contributed by atoms with Gasteiger partial charge in [0.25, 0.3) is 5.91 Å². The Hall–Kier alpha value is -1.88. The zero-order valence-electron chi connectivity index (χ0n) is 10.1. The van der Waals surface area contributed by atoms with Crippen molar-refractivity contribution in [2.75, 3.05) is 5.32 Å². The first-order valence-electron chi connectivity index (χ1n) is 5.54. The summed E-state index contributed by atoms with van der Waals surface area (Å²) in [6.45, 7) is 1.74. The Morgan fingerprint density at radius 3 is 2.74 bits per heavy atom. The molecule has 0 fully saturated rings. The van der Waals surface area contributed by atoms with Crippen LogP contribution in [-0.2, 0) is 0 Å². The molecule has 0 saturated heterocycles. The molecule has 19 heavy (non-hydrogen) atoms. The molecule has 3 nitrogen and oxygen atoms in total. The van der Waals surface area contributed by atoms with Crippen LogP contribution in [-0.4, -0.2) is 11.0 Å². The lowest BCUT2D eigenvalue weighted by Gasteiger charge is -2.09. The van der Waals surface area contributed by atoms with Gasteiger partial charge in [0.05, 0.1) is 10.0 Å². The van der Waals surface area contributed by atoms with Crippen molar-refractivity contribution in [2.45, 2.75) is 6.92 Å². The van der Waals surface area contributed by atoms with E-state index in [1.807, 2.05) is 0 Å². The molecule has 0 heterocycles. The van der Waals surface area contributed by atoms with Crippen LogP contribution in [0.3, 0.4) is 0 Å². The van der Waals surface area contributed by atoms with E-state index in [0.29, 0.717) is 11.3 Å². The zero-order valence-corrected chi connectivity index (χ0v) is 11.7. The van der Waals surface area contributed by atoms with Gasteiger partial charge in [-0.3, -0.25) is 4.79 Å². The number of anilines is 1. The minimum Gasteiger partial charge on any atom is -0.508 e. The molecule has 0 bridgehead atoms. The van der Waals surface area contributed by atoms with E-state index < -0.39 is 11.7 Å². The van der Waals surface area contributed by atoms with Crippen molar-refractivity contribution < 1.29 is 14.3 Å². The van der Waals surface area contributed by atoms with Crippen molar-refractivity contribution in [3.8, 4) is 5.75 Å². The first-order valence-corrected chi connectivity index (χ1v) is 6.33. The molecular formula is C14H11BrFNO2. The number of nitrogens with one attached hydrogen (secondary N) is 1. The average molecular weight is 324 g/mol. The fraction of sp³-hybridized carbons (Fsp3) is 0.0714. The van der Waals surface area contributed by atoms with Gasteiger partial charge >= 0.3 is 0 Å². The summed E-state index contributed by atoms with van der Waals surface area (Å²) >= 11 is 3.04. The molecule has 0 atom stereocenters. The summed E-state index contributed by atoms with van der Waals surface area (Å²) in [4.78, 5) is 12.0. The minimum absolute atomic E-state index is 0.0400. The number of rotatable bonds is 2. The SMILES string of the molecule is Cc1cc(O)ccc1NC(=O)c1cccc(Br)c1F. The van der Waals surface area contributed by atoms with Gasteiger partial charge in [0.15, 0.2) is 0 Å². The summed E-state index contributed by atoms with van der Waals surface area (Å²) in [6, 6.07) is 9.07. The summed E-state index contributed by atoms with van der Waals surface area (Å²) in [5.41, 5.74) is 1.19. The van der Waals surface area contributed by atoms with Gasteiger partial charge in [-0.2, -0.15) is 0 Å². The highest BCUT2D eigenvalue weighted by atomic mass is 79.9. The standard InChI is InChI=1S/C14H11BrFNO2/c1-8-7-9(18)5-6-12(8)17-14(19)10-3-2-4-11(15)13(10)16/h2-7,18H,1H3,(H,17,19). The van der Waals surface area contributed by atoms with Gasteiger partial charge in [0.2, 0.25) is 0 Å². The second kappa shape index (κ2) is 5.40. The van der Waals surface area contributed by atoms with E-state index in [1.54, 1.807) is 19.1 Å². The monoisotopic (exact) mass is 323 g/mol. The fourth-order valence-electron chi connectivity index (χ4n) is 1.66. The molecule has 0 spiro atoms. The van der Waals surface area contributed by atoms with Gasteiger partial charge < -0.3 is 10.4 Å². The molecule has 5 heteroatoms. The van der Waals surface area contributed by atoms with E-state index in [9.17, 15) is 14.3 Å². The second-order valence-corrected chi connectivity index (χ2v) is 4.91. The summed E-state index contributed by atoms with van der Waals surface area (Å²) < 4.78 is 14.0. The molecule has 2 aromatic rings. The molecule has 2 N–H and O–H groups in total. The molecule has 0 unspecified atom stereocenters. The van der Waals surface area contributed by atoms with Crippen LogP contribution in [0.2, 0.25) is 0 Å². The van der Waals surface area contributed by atoms with E-state index in [2.05, 4.69) is 21.2 Å². The molecule has 0 saturated carbocycles. The minimum atomic E-state index is -0.601. The van der Waals surface area contributed by atoms with Gasteiger partial charge in [-0.1, -0.05) is 6.07 Å². The van der Waals surface area contributed by atoms with Crippen LogP contribution in [0.25, 0.3) is 0 Å². The van der Waals surface area contributed by atoms with E-state index >= 15 is 0 Å². The Bertz CT molecular complexity index is 643. The number of benzene rings is 2. The van der Waals surface area contributed by atoms with Gasteiger partial charge in [-0.05, 0) is 58.7 Å². The van der Waals surface area contributed by atoms with Crippen LogP contribution >= 0.6 is 15.9 Å². The molecule has 0 aliphatic carbocycles. The molecule has 0 aliphatic rings. The van der Waals surface area contributed by atoms with E-state index in [-0.39, 0.29) is 15.8 Å². The number of carbonyl (C=O) groups is 1. The highest BCUT2D eigenvalue weighted by molar-refractivity contribution is 9.10. The van der Waals surface area contributed by atoms with E-state index in [0.717, 1.165) is 0 Å². The number of hydrogen-bond donors (Lipinski definition) is 2. The maximum Gasteiger partial charge on any atom is 0.258 e. The maximum absolute atomic E-state index is 13.8. The Labute approximate surface area is 118 Å². The number of phenols is 1. The highest BCUT2D eigenvalue weighted by Gasteiger charge is 2.14. The van der Waals surface area contributed by atoms with Crippen LogP contribution in [0, 0.1) is 12.7 Å². The number of amides is 1. The van der Waals surface area contributed by atoms with E-state index in [4.69, 9.17) is 0 Å². The van der Waals surface area contributed by atoms with Crippen LogP contribution in [0.1, 0.15) is 15.9 Å². The predicted octanol–water partition coefficient (Wildman–Crippen LogP) is 3.85. The van der Waals surface area contributed by atoms with Gasteiger partial charge in [0, 0.05) is 5.69 Å². The first-order chi connectivity index (χ1) is 8.99. The van der Waals surface area contributed by atoms with Gasteiger partial charge in [-0.25, -0.2) is 4.39 Å². The Kier molecular flexibility index (Phi) is 3.85. The van der Waals surface area contributed by atoms with Crippen molar-refractivity contribution in [2.24, 2.45) is 0 Å². The number of halogens is 2. The summed E-state index contributed by atoms with van der Waals surface area (Å²) in [7, 11) is 0. The Morgan fingerprint density at radius 2 is 2.05 bits per heavy atom. The third-order valence-corrected chi connectivity index (χ3v) is 3.27. The van der Waals surface area contributed by atoms with Crippen LogP contribution in [0.4, 0.5) is 10.1 Å². The molecule has 2 rings (SSSR count). The highest BCUT2D eigenvalue weighted by Crippen LogP contribution is 2.23. The number of aryl methyl sites for hydroxylation is 1. The smallest absolute Gasteiger partial charge is 0.258 e. The topological polar surface area (TPSA) is 49.3 Å². The predicted molar refractivity (Wildman–Crippen MR) is 74.9 cm³/mol. The number of carbonyl (C=O) groups excluding carboxylic acids is 1. The fourth-order valence-corrected chi connectivity index (χ4v) is 2.02. The third kappa shape index (κ3) is 2.93. The molecule has 0 radical (unpaired) electrons. The van der Waals surface area contributed by atoms with Crippen molar-refractivity contribution in [1.29, 1.82) is 0 Å². The first kappa shape index (κ1) is 13.5. The number of aromatic hydroxyl groups is 1. The molecule has 1 amide bonds. The Balaban J connectivity index is 2.28. The lowest BCUT2D eigenvalue weighted by molar-refractivity contribution is 0.102. The summed E-state index contributed by atoms with van der Waals surface area (Å²) in [6.07, 6.45) is 0. The molecule has 0 aromatic heterocycles. The molecular weight excluding hydrogens is 313 g/mol. The quantitative estimate of drug-likeness (QED) is 0.824. The lowest BCUT2D eigenvalue weighted by Crippen LogP contribution is -2.14. The van der Waals surface area contributed by atoms with Crippen molar-refractivity contribution in [3.05, 3.63) is 57.8 Å². The normalized spacial score (nSPS) is 10.3. The summed E-state index contributed by atoms with van der Waals surface area (Å²) in [5, 5.41) is 11.9. The maximum atomic E-state index is 13.8. The second-order valence-electron chi connectivity index (χ2n) is 4.05. The number of hydrogen-bond acceptors (Lipinski definition) is 2. The van der Waals surface area contributed by atoms with Crippen molar-refractivity contribution >= 4 is 27.5 Å². The number of phenolic OH excluding ortho intramolecular Hbond substituents is 1. The van der Waals surface area contributed by atoms with Crippen LogP contribution < -0.4 is 5.32 Å². The Morgan fingerprint density at radius 1 is 1.32 bits per heavy atom. The van der Waals surface area contributed by atoms with Crippen LogP contribution in [0.5, 0.6) is 5.75 Å². The summed E-state index contributed by atoms with van der Waals surface area (Å²) in [5.74, 6) is -1.02. The molecule has 2 aromatic carbocycles. The zero-order chi connectivity index (χ0) is 14.0. The molecule has 98 valence electrons. The third-order valence-electron chi connectivity index (χ3n) is 2.65. The van der Waals surface area contributed by atoms with Crippen molar-refractivity contribution in [3.63, 3.8) is 0 Å². The van der Waals surface area contributed by atoms with Gasteiger partial charge in [-0.15, -0.1) is 0 Å². The largest absolute Gasteiger partial charge is 0.508 e. The van der Waals surface area contributed by atoms with Crippen molar-refractivity contribution in [1.82, 2.24) is 0 Å². The van der Waals surface area contributed by atoms with Gasteiger partial charge in [0.1, 0.15) is 11.6 Å². The average Bonchev–Trinajstić information content (AvgIpc) is 2.36. The van der Waals surface area contributed by atoms with Crippen LogP contribution in [0.15, 0.2) is 40.9 Å². The lowest BCUT2D eigenvalue weighted by atomic mass is 10.1.